The Morgan fingerprint density at radius 2 is 1.92 bits per heavy atom. The van der Waals surface area contributed by atoms with Crippen LogP contribution in [-0.2, 0) is 0 Å². The molecule has 0 radical (unpaired) electrons. The second-order valence-corrected chi connectivity index (χ2v) is 3.44. The molecule has 0 saturated carbocycles. The van der Waals surface area contributed by atoms with Crippen LogP contribution in [0.15, 0.2) is 12.1 Å². The smallest absolute Gasteiger partial charge is 0.161 e. The quantitative estimate of drug-likeness (QED) is 0.656. The molecular formula is C11H14F2. The molecule has 0 spiro atoms. The van der Waals surface area contributed by atoms with E-state index in [1.807, 2.05) is 13.8 Å². The predicted octanol–water partition coefficient (Wildman–Crippen LogP) is 3.79. The zero-order valence-corrected chi connectivity index (χ0v) is 8.20. The Labute approximate surface area is 77.6 Å². The third kappa shape index (κ3) is 2.06. The average Bonchev–Trinajstić information content (AvgIpc) is 2.12. The Morgan fingerprint density at radius 1 is 1.31 bits per heavy atom. The number of hydrogen-bond donors (Lipinski definition) is 0. The van der Waals surface area contributed by atoms with E-state index in [1.54, 1.807) is 13.0 Å². The van der Waals surface area contributed by atoms with E-state index in [2.05, 4.69) is 0 Å². The van der Waals surface area contributed by atoms with Crippen LogP contribution < -0.4 is 0 Å². The van der Waals surface area contributed by atoms with Crippen LogP contribution in [0.25, 0.3) is 0 Å². The minimum Gasteiger partial charge on any atom is -0.204 e. The van der Waals surface area contributed by atoms with Gasteiger partial charge in [-0.05, 0) is 36.5 Å². The van der Waals surface area contributed by atoms with Crippen LogP contribution >= 0.6 is 0 Å². The molecule has 0 aliphatic heterocycles. The van der Waals surface area contributed by atoms with Crippen LogP contribution in [0.1, 0.15) is 37.3 Å². The first-order chi connectivity index (χ1) is 6.06. The Morgan fingerprint density at radius 3 is 2.38 bits per heavy atom. The monoisotopic (exact) mass is 184 g/mol. The Kier molecular flexibility index (Phi) is 3.02. The average molecular weight is 184 g/mol. The minimum absolute atomic E-state index is 0.286. The fourth-order valence-corrected chi connectivity index (χ4v) is 1.27. The summed E-state index contributed by atoms with van der Waals surface area (Å²) >= 11 is 0. The van der Waals surface area contributed by atoms with Crippen LogP contribution in [0.3, 0.4) is 0 Å². The summed E-state index contributed by atoms with van der Waals surface area (Å²) in [5.41, 5.74) is 1.26. The van der Waals surface area contributed by atoms with E-state index in [0.717, 1.165) is 12.0 Å². The number of aryl methyl sites for hydroxylation is 1. The van der Waals surface area contributed by atoms with Crippen molar-refractivity contribution in [1.82, 2.24) is 0 Å². The molecule has 1 aromatic carbocycles. The summed E-state index contributed by atoms with van der Waals surface area (Å²) < 4.78 is 25.9. The highest BCUT2D eigenvalue weighted by molar-refractivity contribution is 5.27. The van der Waals surface area contributed by atoms with Crippen LogP contribution in [-0.4, -0.2) is 0 Å². The van der Waals surface area contributed by atoms with Gasteiger partial charge in [0.1, 0.15) is 0 Å². The highest BCUT2D eigenvalue weighted by Crippen LogP contribution is 2.22. The van der Waals surface area contributed by atoms with Gasteiger partial charge in [0.25, 0.3) is 0 Å². The van der Waals surface area contributed by atoms with Gasteiger partial charge < -0.3 is 0 Å². The highest BCUT2D eigenvalue weighted by atomic mass is 19.2. The lowest BCUT2D eigenvalue weighted by Gasteiger charge is -2.10. The Bertz CT molecular complexity index is 282. The molecule has 72 valence electrons. The minimum atomic E-state index is -0.740. The fourth-order valence-electron chi connectivity index (χ4n) is 1.27. The van der Waals surface area contributed by atoms with Crippen molar-refractivity contribution in [1.29, 1.82) is 0 Å². The van der Waals surface area contributed by atoms with Gasteiger partial charge in [0, 0.05) is 0 Å². The highest BCUT2D eigenvalue weighted by Gasteiger charge is 2.10. The first kappa shape index (κ1) is 10.2. The predicted molar refractivity (Wildman–Crippen MR) is 49.8 cm³/mol. The molecule has 13 heavy (non-hydrogen) atoms. The van der Waals surface area contributed by atoms with Crippen molar-refractivity contribution in [3.05, 3.63) is 34.9 Å². The largest absolute Gasteiger partial charge is 0.204 e. The Balaban J connectivity index is 3.13. The van der Waals surface area contributed by atoms with E-state index in [1.165, 1.54) is 6.07 Å². The van der Waals surface area contributed by atoms with Gasteiger partial charge in [-0.15, -0.1) is 0 Å². The molecule has 1 aromatic rings. The summed E-state index contributed by atoms with van der Waals surface area (Å²) in [6.45, 7) is 5.62. The molecule has 0 fully saturated rings. The standard InChI is InChI=1S/C11H14F2/c1-4-7(2)9-5-8(3)11(13)10(12)6-9/h5-7H,4H2,1-3H3. The van der Waals surface area contributed by atoms with Gasteiger partial charge in [-0.3, -0.25) is 0 Å². The molecule has 0 aromatic heterocycles. The summed E-state index contributed by atoms with van der Waals surface area (Å²) in [6.07, 6.45) is 0.935. The summed E-state index contributed by atoms with van der Waals surface area (Å²) in [5.74, 6) is -1.18. The zero-order chi connectivity index (χ0) is 10.0. The van der Waals surface area contributed by atoms with Crippen LogP contribution in [0.2, 0.25) is 0 Å². The van der Waals surface area contributed by atoms with Crippen molar-refractivity contribution in [2.45, 2.75) is 33.1 Å². The van der Waals surface area contributed by atoms with Gasteiger partial charge in [-0.2, -0.15) is 0 Å². The van der Waals surface area contributed by atoms with Gasteiger partial charge in [0.05, 0.1) is 0 Å². The second kappa shape index (κ2) is 3.86. The SMILES string of the molecule is CCC(C)c1cc(C)c(F)c(F)c1. The fraction of sp³-hybridized carbons (Fsp3) is 0.455. The Hall–Kier alpha value is -0.920. The van der Waals surface area contributed by atoms with Gasteiger partial charge in [-0.25, -0.2) is 8.78 Å². The normalized spacial score (nSPS) is 13.0. The molecule has 1 atom stereocenters. The molecule has 2 heteroatoms. The van der Waals surface area contributed by atoms with Crippen molar-refractivity contribution >= 4 is 0 Å². The molecule has 0 saturated heterocycles. The van der Waals surface area contributed by atoms with Crippen molar-refractivity contribution in [3.63, 3.8) is 0 Å². The molecule has 0 aliphatic rings. The van der Waals surface area contributed by atoms with Crippen LogP contribution in [0.4, 0.5) is 8.78 Å². The number of hydrogen-bond acceptors (Lipinski definition) is 0. The lowest BCUT2D eigenvalue weighted by molar-refractivity contribution is 0.499. The third-order valence-corrected chi connectivity index (χ3v) is 2.41. The summed E-state index contributed by atoms with van der Waals surface area (Å²) in [4.78, 5) is 0. The van der Waals surface area contributed by atoms with E-state index >= 15 is 0 Å². The maximum absolute atomic E-state index is 13.0. The molecule has 0 amide bonds. The molecule has 1 unspecified atom stereocenters. The van der Waals surface area contributed by atoms with E-state index in [4.69, 9.17) is 0 Å². The molecular weight excluding hydrogens is 170 g/mol. The molecule has 0 bridgehead atoms. The maximum Gasteiger partial charge on any atom is 0.161 e. The number of benzene rings is 1. The molecule has 0 heterocycles. The van der Waals surface area contributed by atoms with Crippen LogP contribution in [0, 0.1) is 18.6 Å². The van der Waals surface area contributed by atoms with Gasteiger partial charge >= 0.3 is 0 Å². The number of halogens is 2. The number of rotatable bonds is 2. The molecule has 0 N–H and O–H groups in total. The lowest BCUT2D eigenvalue weighted by atomic mass is 9.97. The molecule has 0 aliphatic carbocycles. The molecule has 0 nitrogen and oxygen atoms in total. The van der Waals surface area contributed by atoms with Crippen molar-refractivity contribution in [2.24, 2.45) is 0 Å². The summed E-state index contributed by atoms with van der Waals surface area (Å²) in [6, 6.07) is 3.00. The topological polar surface area (TPSA) is 0 Å². The van der Waals surface area contributed by atoms with Crippen molar-refractivity contribution in [2.75, 3.05) is 0 Å². The first-order valence-corrected chi connectivity index (χ1v) is 4.51. The van der Waals surface area contributed by atoms with E-state index in [0.29, 0.717) is 5.56 Å². The van der Waals surface area contributed by atoms with Gasteiger partial charge in [0.15, 0.2) is 11.6 Å². The van der Waals surface area contributed by atoms with Gasteiger partial charge in [0.2, 0.25) is 0 Å². The third-order valence-electron chi connectivity index (χ3n) is 2.41. The van der Waals surface area contributed by atoms with Crippen LogP contribution in [0.5, 0.6) is 0 Å². The van der Waals surface area contributed by atoms with Crippen molar-refractivity contribution in [3.8, 4) is 0 Å². The molecule has 1 rings (SSSR count). The second-order valence-electron chi connectivity index (χ2n) is 3.44. The zero-order valence-electron chi connectivity index (χ0n) is 8.20. The summed E-state index contributed by atoms with van der Waals surface area (Å²) in [5, 5.41) is 0. The van der Waals surface area contributed by atoms with Crippen molar-refractivity contribution < 1.29 is 8.78 Å². The van der Waals surface area contributed by atoms with E-state index in [-0.39, 0.29) is 5.92 Å². The van der Waals surface area contributed by atoms with Gasteiger partial charge in [-0.1, -0.05) is 19.9 Å². The first-order valence-electron chi connectivity index (χ1n) is 4.51. The van der Waals surface area contributed by atoms with E-state index in [9.17, 15) is 8.78 Å². The lowest BCUT2D eigenvalue weighted by Crippen LogP contribution is -1.97. The maximum atomic E-state index is 13.0. The summed E-state index contributed by atoms with van der Waals surface area (Å²) in [7, 11) is 0. The van der Waals surface area contributed by atoms with E-state index < -0.39 is 11.6 Å².